The van der Waals surface area contributed by atoms with Crippen molar-refractivity contribution in [2.24, 2.45) is 5.92 Å². The zero-order valence-electron chi connectivity index (χ0n) is 13.8. The maximum absolute atomic E-state index is 14.4. The van der Waals surface area contributed by atoms with Crippen molar-refractivity contribution in [3.8, 4) is 0 Å². The van der Waals surface area contributed by atoms with E-state index in [9.17, 15) is 13.6 Å². The Hall–Kier alpha value is -1.53. The molecule has 0 aliphatic carbocycles. The van der Waals surface area contributed by atoms with Gasteiger partial charge in [-0.1, -0.05) is 12.1 Å². The Bertz CT molecular complexity index is 646. The molecule has 0 saturated carbocycles. The second-order valence-corrected chi connectivity index (χ2v) is 7.08. The van der Waals surface area contributed by atoms with Crippen molar-refractivity contribution in [3.63, 3.8) is 0 Å². The third-order valence-corrected chi connectivity index (χ3v) is 5.96. The van der Waals surface area contributed by atoms with Gasteiger partial charge in [-0.05, 0) is 43.5 Å². The number of benzene rings is 1. The normalized spacial score (nSPS) is 34.5. The summed E-state index contributed by atoms with van der Waals surface area (Å²) in [4.78, 5) is 16.7. The average Bonchev–Trinajstić information content (AvgIpc) is 3.01. The number of fused-ring (bicyclic) bond motifs is 2. The molecule has 2 bridgehead atoms. The van der Waals surface area contributed by atoms with Gasteiger partial charge in [-0.2, -0.15) is 0 Å². The first kappa shape index (κ1) is 16.0. The van der Waals surface area contributed by atoms with E-state index in [1.807, 2.05) is 4.90 Å². The van der Waals surface area contributed by atoms with E-state index in [-0.39, 0.29) is 30.5 Å². The van der Waals surface area contributed by atoms with Gasteiger partial charge in [-0.3, -0.25) is 9.69 Å². The standard InChI is InChI=1S/C18H22F2N2O2/c1-24-10-15(23)22-9-13(12-3-2-4-14(19)16(12)20)18-17(22)11-5-7-21(18)8-6-11/h2-4,11,13,17-18H,5-10H2,1H3/t13-,17+,18+/m0/s1. The number of amides is 1. The fourth-order valence-electron chi connectivity index (χ4n) is 4.99. The molecule has 5 rings (SSSR count). The molecule has 0 unspecified atom stereocenters. The monoisotopic (exact) mass is 336 g/mol. The van der Waals surface area contributed by atoms with E-state index in [1.165, 1.54) is 7.11 Å². The van der Waals surface area contributed by atoms with Gasteiger partial charge in [0, 0.05) is 25.6 Å². The Labute approximate surface area is 140 Å². The molecule has 4 heterocycles. The highest BCUT2D eigenvalue weighted by Crippen LogP contribution is 2.47. The van der Waals surface area contributed by atoms with E-state index in [0.717, 1.165) is 32.0 Å². The minimum Gasteiger partial charge on any atom is -0.375 e. The van der Waals surface area contributed by atoms with Gasteiger partial charge in [0.15, 0.2) is 11.6 Å². The molecule has 1 aromatic carbocycles. The Morgan fingerprint density at radius 1 is 1.25 bits per heavy atom. The molecule has 4 aliphatic rings. The van der Waals surface area contributed by atoms with Gasteiger partial charge in [0.05, 0.1) is 6.04 Å². The molecule has 24 heavy (non-hydrogen) atoms. The fraction of sp³-hybridized carbons (Fsp3) is 0.611. The lowest BCUT2D eigenvalue weighted by Gasteiger charge is -2.51. The van der Waals surface area contributed by atoms with Crippen molar-refractivity contribution in [1.29, 1.82) is 0 Å². The molecule has 4 nitrogen and oxygen atoms in total. The number of hydrogen-bond donors (Lipinski definition) is 0. The van der Waals surface area contributed by atoms with Crippen LogP contribution in [0.5, 0.6) is 0 Å². The average molecular weight is 336 g/mol. The van der Waals surface area contributed by atoms with Crippen molar-refractivity contribution in [3.05, 3.63) is 35.4 Å². The van der Waals surface area contributed by atoms with Gasteiger partial charge < -0.3 is 9.64 Å². The predicted molar refractivity (Wildman–Crippen MR) is 84.6 cm³/mol. The van der Waals surface area contributed by atoms with Crippen LogP contribution in [0, 0.1) is 17.6 Å². The second kappa shape index (κ2) is 6.08. The van der Waals surface area contributed by atoms with Crippen LogP contribution in [0.25, 0.3) is 0 Å². The quantitative estimate of drug-likeness (QED) is 0.846. The molecule has 4 fully saturated rings. The Balaban J connectivity index is 1.72. The van der Waals surface area contributed by atoms with Gasteiger partial charge >= 0.3 is 0 Å². The van der Waals surface area contributed by atoms with Crippen LogP contribution >= 0.6 is 0 Å². The van der Waals surface area contributed by atoms with Crippen molar-refractivity contribution < 1.29 is 18.3 Å². The maximum Gasteiger partial charge on any atom is 0.248 e. The van der Waals surface area contributed by atoms with Crippen LogP contribution in [-0.2, 0) is 9.53 Å². The highest BCUT2D eigenvalue weighted by molar-refractivity contribution is 5.78. The fourth-order valence-corrected chi connectivity index (χ4v) is 4.99. The van der Waals surface area contributed by atoms with Crippen LogP contribution in [0.1, 0.15) is 24.3 Å². The number of methoxy groups -OCH3 is 1. The van der Waals surface area contributed by atoms with Gasteiger partial charge in [0.2, 0.25) is 5.91 Å². The lowest BCUT2D eigenvalue weighted by molar-refractivity contribution is -0.139. The number of ether oxygens (including phenoxy) is 1. The van der Waals surface area contributed by atoms with Crippen molar-refractivity contribution >= 4 is 5.91 Å². The molecule has 130 valence electrons. The van der Waals surface area contributed by atoms with E-state index in [0.29, 0.717) is 18.0 Å². The summed E-state index contributed by atoms with van der Waals surface area (Å²) in [5.41, 5.74) is 0.394. The zero-order valence-corrected chi connectivity index (χ0v) is 13.8. The van der Waals surface area contributed by atoms with Crippen LogP contribution in [0.3, 0.4) is 0 Å². The van der Waals surface area contributed by atoms with E-state index < -0.39 is 11.6 Å². The Kier molecular flexibility index (Phi) is 4.04. The molecule has 1 aromatic rings. The molecule has 0 aromatic heterocycles. The van der Waals surface area contributed by atoms with Crippen LogP contribution in [0.15, 0.2) is 18.2 Å². The first-order chi connectivity index (χ1) is 11.6. The van der Waals surface area contributed by atoms with Crippen molar-refractivity contribution in [2.75, 3.05) is 33.4 Å². The summed E-state index contributed by atoms with van der Waals surface area (Å²) in [6, 6.07) is 4.52. The third-order valence-electron chi connectivity index (χ3n) is 5.96. The number of likely N-dealkylation sites (tertiary alicyclic amines) is 1. The number of carbonyl (C=O) groups is 1. The van der Waals surface area contributed by atoms with E-state index in [1.54, 1.807) is 12.1 Å². The molecular weight excluding hydrogens is 314 g/mol. The maximum atomic E-state index is 14.4. The lowest BCUT2D eigenvalue weighted by Crippen LogP contribution is -2.61. The Morgan fingerprint density at radius 2 is 2.00 bits per heavy atom. The first-order valence-electron chi connectivity index (χ1n) is 8.58. The van der Waals surface area contributed by atoms with Gasteiger partial charge in [0.25, 0.3) is 0 Å². The van der Waals surface area contributed by atoms with E-state index in [4.69, 9.17) is 4.74 Å². The highest BCUT2D eigenvalue weighted by Gasteiger charge is 2.55. The smallest absolute Gasteiger partial charge is 0.248 e. The number of halogens is 2. The van der Waals surface area contributed by atoms with Gasteiger partial charge in [-0.25, -0.2) is 8.78 Å². The summed E-state index contributed by atoms with van der Waals surface area (Å²) in [6.45, 7) is 2.43. The number of carbonyl (C=O) groups excluding carboxylic acids is 1. The topological polar surface area (TPSA) is 32.8 Å². The summed E-state index contributed by atoms with van der Waals surface area (Å²) in [5, 5.41) is 0. The predicted octanol–water partition coefficient (Wildman–Crippen LogP) is 2.00. The minimum absolute atomic E-state index is 0.0360. The summed E-state index contributed by atoms with van der Waals surface area (Å²) in [5.74, 6) is -1.38. The zero-order chi connectivity index (χ0) is 16.8. The van der Waals surface area contributed by atoms with Gasteiger partial charge in [-0.15, -0.1) is 0 Å². The van der Waals surface area contributed by atoms with E-state index >= 15 is 0 Å². The molecule has 0 N–H and O–H groups in total. The van der Waals surface area contributed by atoms with Gasteiger partial charge in [0.1, 0.15) is 6.61 Å². The number of nitrogens with zero attached hydrogens (tertiary/aromatic N) is 2. The second-order valence-electron chi connectivity index (χ2n) is 7.08. The molecule has 1 amide bonds. The molecule has 6 heteroatoms. The molecule has 4 aliphatic heterocycles. The number of hydrogen-bond acceptors (Lipinski definition) is 3. The molecule has 3 atom stereocenters. The van der Waals surface area contributed by atoms with Crippen LogP contribution in [-0.4, -0.2) is 61.1 Å². The summed E-state index contributed by atoms with van der Waals surface area (Å²) < 4.78 is 33.2. The largest absolute Gasteiger partial charge is 0.375 e. The van der Waals surface area contributed by atoms with Crippen molar-refractivity contribution in [1.82, 2.24) is 9.80 Å². The summed E-state index contributed by atoms with van der Waals surface area (Å²) in [7, 11) is 1.51. The number of rotatable bonds is 3. The van der Waals surface area contributed by atoms with Crippen molar-refractivity contribution in [2.45, 2.75) is 30.8 Å². The van der Waals surface area contributed by atoms with Crippen LogP contribution in [0.2, 0.25) is 0 Å². The Morgan fingerprint density at radius 3 is 2.71 bits per heavy atom. The molecular formula is C18H22F2N2O2. The molecule has 0 spiro atoms. The molecule has 0 radical (unpaired) electrons. The van der Waals surface area contributed by atoms with Crippen LogP contribution in [0.4, 0.5) is 8.78 Å². The minimum atomic E-state index is -0.818. The van der Waals surface area contributed by atoms with E-state index in [2.05, 4.69) is 4.90 Å². The summed E-state index contributed by atoms with van der Waals surface area (Å²) in [6.07, 6.45) is 2.13. The van der Waals surface area contributed by atoms with Crippen LogP contribution < -0.4 is 0 Å². The third kappa shape index (κ3) is 2.35. The highest BCUT2D eigenvalue weighted by atomic mass is 19.2. The summed E-state index contributed by atoms with van der Waals surface area (Å²) >= 11 is 0. The SMILES string of the molecule is COCC(=O)N1C[C@@H](c2cccc(F)c2F)[C@@H]2[C@H]1C1CCN2CC1. The number of piperidine rings is 3. The lowest BCUT2D eigenvalue weighted by atomic mass is 9.75. The molecule has 4 saturated heterocycles. The first-order valence-corrected chi connectivity index (χ1v) is 8.58.